The predicted molar refractivity (Wildman–Crippen MR) is 54.8 cm³/mol. The fraction of sp³-hybridized carbons (Fsp3) is 0.625. The molecule has 0 aliphatic heterocycles. The van der Waals surface area contributed by atoms with Crippen LogP contribution in [-0.4, -0.2) is 27.9 Å². The quantitative estimate of drug-likeness (QED) is 0.379. The molecule has 2 unspecified atom stereocenters. The maximum atomic E-state index is 10.9. The van der Waals surface area contributed by atoms with Crippen molar-refractivity contribution in [2.24, 2.45) is 5.92 Å². The van der Waals surface area contributed by atoms with E-state index in [-0.39, 0.29) is 12.5 Å². The van der Waals surface area contributed by atoms with Gasteiger partial charge in [0.25, 0.3) is 0 Å². The molecule has 0 heterocycles. The Balaban J connectivity index is 3.54. The molecule has 0 aliphatic carbocycles. The van der Waals surface area contributed by atoms with Gasteiger partial charge in [0, 0.05) is 12.1 Å². The summed E-state index contributed by atoms with van der Waals surface area (Å²) in [5.41, 5.74) is 2.71. The normalized spacial score (nSPS) is 14.3. The van der Waals surface area contributed by atoms with Crippen LogP contribution in [0.1, 0.15) is 13.8 Å². The van der Waals surface area contributed by atoms with Gasteiger partial charge in [0.1, 0.15) is 0 Å². The van der Waals surface area contributed by atoms with Gasteiger partial charge in [-0.15, -0.1) is 0 Å². The van der Waals surface area contributed by atoms with Gasteiger partial charge >= 0.3 is 17.3 Å². The zero-order valence-corrected chi connectivity index (χ0v) is 9.50. The van der Waals surface area contributed by atoms with Gasteiger partial charge in [0.15, 0.2) is 0 Å². The van der Waals surface area contributed by atoms with E-state index < -0.39 is 17.3 Å². The minimum Gasteiger partial charge on any atom is -0.367 e. The Morgan fingerprint density at radius 2 is 2.27 bits per heavy atom. The SMILES string of the molecule is C=C(C)C(=O)ONCC(C)COS(=O)O. The summed E-state index contributed by atoms with van der Waals surface area (Å²) in [6, 6.07) is 0. The van der Waals surface area contributed by atoms with Crippen LogP contribution in [0.2, 0.25) is 0 Å². The first-order valence-electron chi connectivity index (χ1n) is 4.27. The Labute approximate surface area is 91.1 Å². The highest BCUT2D eigenvalue weighted by molar-refractivity contribution is 7.74. The lowest BCUT2D eigenvalue weighted by atomic mass is 10.2. The summed E-state index contributed by atoms with van der Waals surface area (Å²) in [6.45, 7) is 7.13. The molecule has 0 bridgehead atoms. The Kier molecular flexibility index (Phi) is 7.14. The van der Waals surface area contributed by atoms with Gasteiger partial charge in [-0.3, -0.25) is 8.74 Å². The van der Waals surface area contributed by atoms with E-state index in [1.807, 2.05) is 0 Å². The zero-order valence-electron chi connectivity index (χ0n) is 8.69. The summed E-state index contributed by atoms with van der Waals surface area (Å²) in [5.74, 6) is -0.590. The lowest BCUT2D eigenvalue weighted by molar-refractivity contribution is -0.146. The highest BCUT2D eigenvalue weighted by Crippen LogP contribution is 1.96. The van der Waals surface area contributed by atoms with Crippen molar-refractivity contribution in [2.75, 3.05) is 13.2 Å². The van der Waals surface area contributed by atoms with Crippen molar-refractivity contribution in [3.8, 4) is 0 Å². The molecule has 2 N–H and O–H groups in total. The molecule has 0 saturated heterocycles. The second-order valence-corrected chi connectivity index (χ2v) is 3.80. The first kappa shape index (κ1) is 14.2. The molecule has 0 spiro atoms. The third kappa shape index (κ3) is 8.25. The molecular formula is C8H15NO5S. The largest absolute Gasteiger partial charge is 0.367 e. The molecule has 0 aliphatic rings. The van der Waals surface area contributed by atoms with Gasteiger partial charge in [0.05, 0.1) is 6.61 Å². The fourth-order valence-corrected chi connectivity index (χ4v) is 0.919. The van der Waals surface area contributed by atoms with E-state index in [0.717, 1.165) is 0 Å². The smallest absolute Gasteiger partial charge is 0.351 e. The van der Waals surface area contributed by atoms with Crippen LogP contribution in [0.5, 0.6) is 0 Å². The van der Waals surface area contributed by atoms with Crippen molar-refractivity contribution in [1.29, 1.82) is 0 Å². The van der Waals surface area contributed by atoms with Crippen LogP contribution in [0.15, 0.2) is 12.2 Å². The third-order valence-electron chi connectivity index (χ3n) is 1.40. The third-order valence-corrected chi connectivity index (χ3v) is 1.74. The van der Waals surface area contributed by atoms with Gasteiger partial charge in [-0.05, 0) is 12.8 Å². The molecule has 15 heavy (non-hydrogen) atoms. The molecule has 0 aromatic rings. The van der Waals surface area contributed by atoms with Crippen LogP contribution >= 0.6 is 0 Å². The Morgan fingerprint density at radius 3 is 2.73 bits per heavy atom. The van der Waals surface area contributed by atoms with Crippen LogP contribution in [0.4, 0.5) is 0 Å². The van der Waals surface area contributed by atoms with Crippen molar-refractivity contribution in [3.05, 3.63) is 12.2 Å². The molecule has 0 rings (SSSR count). The summed E-state index contributed by atoms with van der Waals surface area (Å²) in [4.78, 5) is 15.5. The summed E-state index contributed by atoms with van der Waals surface area (Å²) >= 11 is -2.26. The number of nitrogens with one attached hydrogen (secondary N) is 1. The number of hydrogen-bond donors (Lipinski definition) is 2. The fourth-order valence-electron chi connectivity index (χ4n) is 0.570. The minimum absolute atomic E-state index is 0.0565. The van der Waals surface area contributed by atoms with Crippen LogP contribution in [0, 0.1) is 5.92 Å². The molecule has 2 atom stereocenters. The molecule has 0 fully saturated rings. The number of rotatable bonds is 7. The van der Waals surface area contributed by atoms with Crippen molar-refractivity contribution < 1.29 is 22.6 Å². The summed E-state index contributed by atoms with van der Waals surface area (Å²) in [6.07, 6.45) is 0. The molecule has 0 saturated carbocycles. The lowest BCUT2D eigenvalue weighted by Crippen LogP contribution is -2.27. The van der Waals surface area contributed by atoms with Gasteiger partial charge in [-0.25, -0.2) is 4.79 Å². The number of carbonyl (C=O) groups excluding carboxylic acids is 1. The highest BCUT2D eigenvalue weighted by Gasteiger charge is 2.07. The summed E-state index contributed by atoms with van der Waals surface area (Å²) in [5, 5.41) is 0. The van der Waals surface area contributed by atoms with Crippen molar-refractivity contribution in [3.63, 3.8) is 0 Å². The number of hydroxylamine groups is 1. The maximum Gasteiger partial charge on any atom is 0.351 e. The van der Waals surface area contributed by atoms with Crippen molar-refractivity contribution >= 4 is 17.3 Å². The van der Waals surface area contributed by atoms with Crippen LogP contribution in [0.3, 0.4) is 0 Å². The monoisotopic (exact) mass is 237 g/mol. The average Bonchev–Trinajstić information content (AvgIpc) is 2.14. The van der Waals surface area contributed by atoms with E-state index in [9.17, 15) is 9.00 Å². The topological polar surface area (TPSA) is 84.9 Å². The Bertz CT molecular complexity index is 255. The van der Waals surface area contributed by atoms with Gasteiger partial charge in [-0.2, -0.15) is 9.69 Å². The van der Waals surface area contributed by atoms with E-state index in [0.29, 0.717) is 12.1 Å². The molecule has 7 heteroatoms. The van der Waals surface area contributed by atoms with Gasteiger partial charge in [-0.1, -0.05) is 13.5 Å². The van der Waals surface area contributed by atoms with E-state index in [1.165, 1.54) is 6.92 Å². The van der Waals surface area contributed by atoms with Gasteiger partial charge < -0.3 is 4.84 Å². The standard InChI is InChI=1S/C8H15NO5S/c1-6(2)8(10)14-9-4-7(3)5-13-15(11)12/h7,9H,1,4-5H2,2-3H3,(H,11,12). The Morgan fingerprint density at radius 1 is 1.67 bits per heavy atom. The predicted octanol–water partition coefficient (Wildman–Crippen LogP) is 0.400. The Hall–Kier alpha value is -0.760. The van der Waals surface area contributed by atoms with Crippen LogP contribution in [0.25, 0.3) is 0 Å². The first-order valence-corrected chi connectivity index (χ1v) is 5.30. The molecule has 88 valence electrons. The molecular weight excluding hydrogens is 222 g/mol. The van der Waals surface area contributed by atoms with E-state index in [1.54, 1.807) is 6.92 Å². The molecule has 6 nitrogen and oxygen atoms in total. The van der Waals surface area contributed by atoms with Crippen molar-refractivity contribution in [2.45, 2.75) is 13.8 Å². The number of hydrogen-bond acceptors (Lipinski definition) is 5. The average molecular weight is 237 g/mol. The number of carbonyl (C=O) groups is 1. The maximum absolute atomic E-state index is 10.9. The zero-order chi connectivity index (χ0) is 11.8. The highest BCUT2D eigenvalue weighted by atomic mass is 32.2. The lowest BCUT2D eigenvalue weighted by Gasteiger charge is -2.10. The molecule has 0 aromatic carbocycles. The minimum atomic E-state index is -2.26. The second kappa shape index (κ2) is 7.52. The van der Waals surface area contributed by atoms with E-state index in [2.05, 4.69) is 21.1 Å². The first-order chi connectivity index (χ1) is 6.93. The van der Waals surface area contributed by atoms with E-state index >= 15 is 0 Å². The summed E-state index contributed by atoms with van der Waals surface area (Å²) in [7, 11) is 0. The van der Waals surface area contributed by atoms with Crippen LogP contribution < -0.4 is 5.48 Å². The molecule has 0 amide bonds. The molecule has 0 radical (unpaired) electrons. The van der Waals surface area contributed by atoms with Crippen molar-refractivity contribution in [1.82, 2.24) is 5.48 Å². The second-order valence-electron chi connectivity index (χ2n) is 3.13. The van der Waals surface area contributed by atoms with E-state index in [4.69, 9.17) is 4.55 Å². The summed E-state index contributed by atoms with van der Waals surface area (Å²) < 4.78 is 22.9. The van der Waals surface area contributed by atoms with Gasteiger partial charge in [0.2, 0.25) is 0 Å². The van der Waals surface area contributed by atoms with Crippen LogP contribution in [-0.2, 0) is 25.2 Å². The molecule has 0 aromatic heterocycles.